The monoisotopic (exact) mass is 263 g/mol. The molecule has 0 aromatic rings. The summed E-state index contributed by atoms with van der Waals surface area (Å²) in [4.78, 5) is 13.3. The zero-order valence-electron chi connectivity index (χ0n) is 11.0. The number of carbonyl (C=O) groups excluding carboxylic acids is 1. The molecule has 4 nitrogen and oxygen atoms in total. The van der Waals surface area contributed by atoms with E-state index in [2.05, 4.69) is 13.8 Å². The molecule has 100 valence electrons. The predicted molar refractivity (Wildman–Crippen MR) is 67.0 cm³/mol. The first-order chi connectivity index (χ1) is 7.85. The minimum atomic E-state index is -0.336. The number of ether oxygens (including phenoxy) is 2. The number of rotatable bonds is 4. The van der Waals surface area contributed by atoms with Crippen molar-refractivity contribution in [1.82, 2.24) is 4.90 Å². The van der Waals surface area contributed by atoms with E-state index in [-0.39, 0.29) is 29.5 Å². The van der Waals surface area contributed by atoms with Gasteiger partial charge in [0.05, 0.1) is 19.8 Å². The molecule has 0 aromatic heterocycles. The molecule has 0 unspecified atom stereocenters. The van der Waals surface area contributed by atoms with E-state index in [1.54, 1.807) is 4.90 Å². The second kappa shape index (κ2) is 6.03. The average Bonchev–Trinajstić information content (AvgIpc) is 2.26. The first-order valence-electron chi connectivity index (χ1n) is 5.94. The summed E-state index contributed by atoms with van der Waals surface area (Å²) in [7, 11) is 0. The van der Waals surface area contributed by atoms with E-state index < -0.39 is 0 Å². The summed E-state index contributed by atoms with van der Waals surface area (Å²) in [6.45, 7) is 9.84. The van der Waals surface area contributed by atoms with Gasteiger partial charge in [-0.3, -0.25) is 4.79 Å². The van der Waals surface area contributed by atoms with Crippen LogP contribution >= 0.6 is 11.6 Å². The molecule has 1 aliphatic heterocycles. The zero-order valence-corrected chi connectivity index (χ0v) is 11.8. The Morgan fingerprint density at radius 3 is 2.35 bits per heavy atom. The highest BCUT2D eigenvalue weighted by molar-refractivity contribution is 6.27. The van der Waals surface area contributed by atoms with E-state index in [0.717, 1.165) is 0 Å². The summed E-state index contributed by atoms with van der Waals surface area (Å²) in [6, 6.07) is 0.100. The standard InChI is InChI=1S/C12H22ClNO3/c1-9(2)14(10(15)5-13)6-11-16-7-12(3,4)8-17-11/h9,11H,5-8H2,1-4H3. The molecule has 1 rings (SSSR count). The minimum absolute atomic E-state index is 0.00358. The van der Waals surface area contributed by atoms with Crippen molar-refractivity contribution in [2.24, 2.45) is 5.41 Å². The van der Waals surface area contributed by atoms with Crippen molar-refractivity contribution < 1.29 is 14.3 Å². The summed E-state index contributed by atoms with van der Waals surface area (Å²) < 4.78 is 11.2. The summed E-state index contributed by atoms with van der Waals surface area (Å²) in [6.07, 6.45) is -0.336. The molecule has 0 N–H and O–H groups in total. The Balaban J connectivity index is 2.49. The molecule has 0 aliphatic carbocycles. The van der Waals surface area contributed by atoms with Crippen LogP contribution in [0.15, 0.2) is 0 Å². The van der Waals surface area contributed by atoms with Gasteiger partial charge in [0.2, 0.25) is 5.91 Å². The molecule has 0 spiro atoms. The Bertz CT molecular complexity index is 258. The van der Waals surface area contributed by atoms with Crippen molar-refractivity contribution in [3.05, 3.63) is 0 Å². The predicted octanol–water partition coefficient (Wildman–Crippen LogP) is 1.86. The molecular weight excluding hydrogens is 242 g/mol. The molecule has 1 heterocycles. The van der Waals surface area contributed by atoms with Gasteiger partial charge in [-0.05, 0) is 13.8 Å². The van der Waals surface area contributed by atoms with Crippen molar-refractivity contribution in [3.8, 4) is 0 Å². The van der Waals surface area contributed by atoms with Gasteiger partial charge in [-0.1, -0.05) is 13.8 Å². The van der Waals surface area contributed by atoms with Crippen LogP contribution in [-0.2, 0) is 14.3 Å². The van der Waals surface area contributed by atoms with Crippen LogP contribution in [0, 0.1) is 5.41 Å². The lowest BCUT2D eigenvalue weighted by Crippen LogP contribution is -2.48. The van der Waals surface area contributed by atoms with Crippen LogP contribution in [0.25, 0.3) is 0 Å². The van der Waals surface area contributed by atoms with Crippen LogP contribution < -0.4 is 0 Å². The van der Waals surface area contributed by atoms with Gasteiger partial charge in [0, 0.05) is 11.5 Å². The molecule has 1 fully saturated rings. The van der Waals surface area contributed by atoms with E-state index in [0.29, 0.717) is 19.8 Å². The summed E-state index contributed by atoms with van der Waals surface area (Å²) in [5.74, 6) is -0.0881. The van der Waals surface area contributed by atoms with Gasteiger partial charge >= 0.3 is 0 Å². The van der Waals surface area contributed by atoms with Gasteiger partial charge in [0.25, 0.3) is 0 Å². The van der Waals surface area contributed by atoms with Gasteiger partial charge in [0.15, 0.2) is 6.29 Å². The van der Waals surface area contributed by atoms with Crippen LogP contribution in [0.1, 0.15) is 27.7 Å². The fourth-order valence-corrected chi connectivity index (χ4v) is 1.82. The molecule has 17 heavy (non-hydrogen) atoms. The van der Waals surface area contributed by atoms with E-state index in [1.165, 1.54) is 0 Å². The van der Waals surface area contributed by atoms with Crippen LogP contribution in [0.3, 0.4) is 0 Å². The number of alkyl halides is 1. The first kappa shape index (κ1) is 14.7. The second-order valence-electron chi connectivity index (χ2n) is 5.49. The Morgan fingerprint density at radius 1 is 1.41 bits per heavy atom. The van der Waals surface area contributed by atoms with Gasteiger partial charge in [-0.25, -0.2) is 0 Å². The number of hydrogen-bond donors (Lipinski definition) is 0. The lowest BCUT2D eigenvalue weighted by molar-refractivity contribution is -0.228. The van der Waals surface area contributed by atoms with Crippen LogP contribution in [-0.4, -0.2) is 48.8 Å². The maximum Gasteiger partial charge on any atom is 0.237 e. The average molecular weight is 264 g/mol. The third-order valence-electron chi connectivity index (χ3n) is 2.72. The lowest BCUT2D eigenvalue weighted by Gasteiger charge is -2.37. The van der Waals surface area contributed by atoms with Crippen molar-refractivity contribution in [3.63, 3.8) is 0 Å². The molecule has 1 amide bonds. The molecular formula is C12H22ClNO3. The Hall–Kier alpha value is -0.320. The van der Waals surface area contributed by atoms with E-state index in [4.69, 9.17) is 21.1 Å². The molecule has 1 aliphatic rings. The molecule has 0 saturated carbocycles. The van der Waals surface area contributed by atoms with Gasteiger partial charge in [-0.15, -0.1) is 11.6 Å². The number of halogens is 1. The minimum Gasteiger partial charge on any atom is -0.350 e. The zero-order chi connectivity index (χ0) is 13.1. The number of carbonyl (C=O) groups is 1. The fourth-order valence-electron chi connectivity index (χ4n) is 1.67. The third kappa shape index (κ3) is 4.45. The van der Waals surface area contributed by atoms with E-state index in [9.17, 15) is 4.79 Å². The smallest absolute Gasteiger partial charge is 0.237 e. The van der Waals surface area contributed by atoms with Crippen LogP contribution in [0.4, 0.5) is 0 Å². The quantitative estimate of drug-likeness (QED) is 0.727. The summed E-state index contributed by atoms with van der Waals surface area (Å²) in [5.41, 5.74) is 0.0512. The molecule has 1 saturated heterocycles. The Labute approximate surface area is 108 Å². The van der Waals surface area contributed by atoms with Crippen LogP contribution in [0.2, 0.25) is 0 Å². The van der Waals surface area contributed by atoms with E-state index in [1.807, 2.05) is 13.8 Å². The van der Waals surface area contributed by atoms with Gasteiger partial charge < -0.3 is 14.4 Å². The lowest BCUT2D eigenvalue weighted by atomic mass is 9.96. The van der Waals surface area contributed by atoms with Gasteiger partial charge in [-0.2, -0.15) is 0 Å². The molecule has 0 aromatic carbocycles. The number of hydrogen-bond acceptors (Lipinski definition) is 3. The highest BCUT2D eigenvalue weighted by atomic mass is 35.5. The van der Waals surface area contributed by atoms with Gasteiger partial charge in [0.1, 0.15) is 5.88 Å². The maximum absolute atomic E-state index is 11.6. The first-order valence-corrected chi connectivity index (χ1v) is 6.48. The van der Waals surface area contributed by atoms with Crippen molar-refractivity contribution >= 4 is 17.5 Å². The molecule has 0 atom stereocenters. The maximum atomic E-state index is 11.6. The summed E-state index contributed by atoms with van der Waals surface area (Å²) >= 11 is 5.58. The Kier molecular flexibility index (Phi) is 5.22. The molecule has 0 radical (unpaired) electrons. The van der Waals surface area contributed by atoms with Crippen molar-refractivity contribution in [1.29, 1.82) is 0 Å². The largest absolute Gasteiger partial charge is 0.350 e. The SMILES string of the molecule is CC(C)N(CC1OCC(C)(C)CO1)C(=O)CCl. The molecule has 5 heteroatoms. The Morgan fingerprint density at radius 2 is 1.94 bits per heavy atom. The summed E-state index contributed by atoms with van der Waals surface area (Å²) in [5, 5.41) is 0. The second-order valence-corrected chi connectivity index (χ2v) is 5.76. The topological polar surface area (TPSA) is 38.8 Å². The highest BCUT2D eigenvalue weighted by Crippen LogP contribution is 2.23. The fraction of sp³-hybridized carbons (Fsp3) is 0.917. The van der Waals surface area contributed by atoms with Crippen molar-refractivity contribution in [2.45, 2.75) is 40.0 Å². The highest BCUT2D eigenvalue weighted by Gasteiger charge is 2.30. The van der Waals surface area contributed by atoms with Crippen molar-refractivity contribution in [2.75, 3.05) is 25.6 Å². The number of amides is 1. The third-order valence-corrected chi connectivity index (χ3v) is 2.95. The number of nitrogens with zero attached hydrogens (tertiary/aromatic N) is 1. The van der Waals surface area contributed by atoms with Crippen LogP contribution in [0.5, 0.6) is 0 Å². The molecule has 0 bridgehead atoms. The van der Waals surface area contributed by atoms with E-state index >= 15 is 0 Å². The normalized spacial score (nSPS) is 20.6.